The van der Waals surface area contributed by atoms with E-state index in [2.05, 4.69) is 203 Å². The van der Waals surface area contributed by atoms with Crippen molar-refractivity contribution in [1.82, 2.24) is 0 Å². The molecule has 0 aliphatic carbocycles. The maximum Gasteiger partial charge on any atom is 0.329 e. The molecule has 0 saturated carbocycles. The average Bonchev–Trinajstić information content (AvgIpc) is 3.23. The van der Waals surface area contributed by atoms with Crippen LogP contribution in [0.2, 0.25) is 0 Å². The third-order valence-corrected chi connectivity index (χ3v) is 11.8. The molecule has 3 nitrogen and oxygen atoms in total. The van der Waals surface area contributed by atoms with Crippen molar-refractivity contribution in [2.75, 3.05) is 14.5 Å². The Labute approximate surface area is 310 Å². The Morgan fingerprint density at radius 1 is 0.302 bits per heavy atom. The first-order valence-electron chi connectivity index (χ1n) is 18.5. The fraction of sp³-hybridized carbons (Fsp3) is 0. The summed E-state index contributed by atoms with van der Waals surface area (Å²) in [6, 6.07) is 69.5. The maximum atomic E-state index is 2.63. The lowest BCUT2D eigenvalue weighted by molar-refractivity contribution is 1.28. The van der Waals surface area contributed by atoms with Gasteiger partial charge in [0.05, 0.1) is 0 Å². The van der Waals surface area contributed by atoms with Crippen molar-refractivity contribution in [3.63, 3.8) is 0 Å². The predicted octanol–water partition coefficient (Wildman–Crippen LogP) is 9.30. The van der Waals surface area contributed by atoms with Crippen molar-refractivity contribution in [1.29, 1.82) is 0 Å². The van der Waals surface area contributed by atoms with Crippen LogP contribution in [-0.2, 0) is 0 Å². The van der Waals surface area contributed by atoms with E-state index in [1.54, 1.807) is 0 Å². The summed E-state index contributed by atoms with van der Waals surface area (Å²) >= 11 is 0. The first-order chi connectivity index (χ1) is 26.3. The molecule has 0 unspecified atom stereocenters. The summed E-state index contributed by atoms with van der Waals surface area (Å²) in [4.78, 5) is 7.62. The normalized spacial score (nSPS) is 13.5. The highest BCUT2D eigenvalue weighted by Gasteiger charge is 2.49. The Bertz CT molecular complexity index is 2740. The molecule has 53 heavy (non-hydrogen) atoms. The van der Waals surface area contributed by atoms with Crippen LogP contribution < -0.4 is 36.4 Å². The van der Waals surface area contributed by atoms with Gasteiger partial charge in [-0.2, -0.15) is 0 Å². The molecule has 0 spiro atoms. The zero-order valence-electron chi connectivity index (χ0n) is 28.9. The number of benzene rings is 8. The van der Waals surface area contributed by atoms with Crippen LogP contribution in [0.4, 0.5) is 39.8 Å². The molecular weight excluding hydrogens is 640 g/mol. The zero-order valence-corrected chi connectivity index (χ0v) is 28.9. The molecule has 4 heterocycles. The Kier molecular flexibility index (Phi) is 5.95. The predicted molar refractivity (Wildman–Crippen MR) is 225 cm³/mol. The van der Waals surface area contributed by atoms with Crippen LogP contribution >= 0.6 is 0 Å². The Balaban J connectivity index is 1.12. The van der Waals surface area contributed by atoms with Crippen molar-refractivity contribution in [3.05, 3.63) is 188 Å². The summed E-state index contributed by atoms with van der Waals surface area (Å²) in [6.45, 7) is 0.0876. The van der Waals surface area contributed by atoms with E-state index >= 15 is 0 Å². The number of nitrogens with zero attached hydrogens (tertiary/aromatic N) is 3. The van der Waals surface area contributed by atoms with Crippen molar-refractivity contribution >= 4 is 75.4 Å². The van der Waals surface area contributed by atoms with Crippen LogP contribution in [0.1, 0.15) is 0 Å². The van der Waals surface area contributed by atoms with E-state index in [0.29, 0.717) is 0 Å². The monoisotopic (exact) mass is 671 g/mol. The van der Waals surface area contributed by atoms with Crippen LogP contribution in [0.15, 0.2) is 188 Å². The lowest BCUT2D eigenvalue weighted by atomic mass is 9.38. The second-order valence-electron chi connectivity index (χ2n) is 14.4. The van der Waals surface area contributed by atoms with Gasteiger partial charge in [0, 0.05) is 62.1 Å². The van der Waals surface area contributed by atoms with Crippen LogP contribution in [-0.4, -0.2) is 13.7 Å². The van der Waals surface area contributed by atoms with Gasteiger partial charge < -0.3 is 14.5 Å². The van der Waals surface area contributed by atoms with E-state index in [9.17, 15) is 0 Å². The van der Waals surface area contributed by atoms with Crippen molar-refractivity contribution in [3.8, 4) is 33.4 Å². The smallest absolute Gasteiger partial charge is 0.329 e. The SMILES string of the molecule is c1ccc(N(c2ccccc2)c2ccc3c(c2)-c2ccccc2N2B3c3cccc4c3-c3c(cccc32)B2c3ccccc3-c3ccccc3N24)cc1. The van der Waals surface area contributed by atoms with E-state index in [-0.39, 0.29) is 13.7 Å². The summed E-state index contributed by atoms with van der Waals surface area (Å²) in [5.41, 5.74) is 21.8. The summed E-state index contributed by atoms with van der Waals surface area (Å²) in [6.07, 6.45) is 0. The lowest BCUT2D eigenvalue weighted by Gasteiger charge is -2.49. The van der Waals surface area contributed by atoms with Gasteiger partial charge in [-0.15, -0.1) is 0 Å². The molecule has 4 aliphatic heterocycles. The Morgan fingerprint density at radius 3 is 1.32 bits per heavy atom. The van der Waals surface area contributed by atoms with Crippen molar-refractivity contribution < 1.29 is 0 Å². The molecule has 12 rings (SSSR count). The molecule has 4 aliphatic rings. The summed E-state index contributed by atoms with van der Waals surface area (Å²) < 4.78 is 0. The first kappa shape index (κ1) is 28.9. The molecule has 0 radical (unpaired) electrons. The fourth-order valence-corrected chi connectivity index (χ4v) is 9.78. The van der Waals surface area contributed by atoms with Crippen LogP contribution in [0.3, 0.4) is 0 Å². The molecule has 0 amide bonds. The number of anilines is 7. The first-order valence-corrected chi connectivity index (χ1v) is 18.5. The second-order valence-corrected chi connectivity index (χ2v) is 14.4. The second kappa shape index (κ2) is 10.9. The molecule has 0 N–H and O–H groups in total. The van der Waals surface area contributed by atoms with Crippen molar-refractivity contribution in [2.45, 2.75) is 0 Å². The van der Waals surface area contributed by atoms with Gasteiger partial charge in [0.1, 0.15) is 0 Å². The number of rotatable bonds is 3. The third kappa shape index (κ3) is 3.91. The molecule has 0 aromatic heterocycles. The van der Waals surface area contributed by atoms with Crippen LogP contribution in [0.5, 0.6) is 0 Å². The van der Waals surface area contributed by atoms with Gasteiger partial charge in [0.2, 0.25) is 0 Å². The van der Waals surface area contributed by atoms with Gasteiger partial charge in [0.25, 0.3) is 0 Å². The maximum absolute atomic E-state index is 2.63. The summed E-state index contributed by atoms with van der Waals surface area (Å²) in [7, 11) is 0. The topological polar surface area (TPSA) is 9.72 Å². The van der Waals surface area contributed by atoms with E-state index in [0.717, 1.165) is 17.1 Å². The number of fused-ring (bicyclic) bond motifs is 16. The van der Waals surface area contributed by atoms with E-state index in [4.69, 9.17) is 0 Å². The number of para-hydroxylation sites is 4. The Morgan fingerprint density at radius 2 is 0.736 bits per heavy atom. The van der Waals surface area contributed by atoms with E-state index in [1.165, 1.54) is 78.0 Å². The number of hydrogen-bond donors (Lipinski definition) is 0. The molecule has 8 aromatic carbocycles. The molecule has 0 bridgehead atoms. The van der Waals surface area contributed by atoms with E-state index < -0.39 is 0 Å². The molecule has 244 valence electrons. The molecule has 8 aromatic rings. The minimum atomic E-state index is 0.0115. The standard InChI is InChI=1S/C48H31B2N3/c1-3-15-32(16-4-1)51(33-17-5-2-6-18-33)34-29-30-40-38(31-34)37-21-9-12-26-44(37)53-46-28-13-23-41-47(46)48-42(50(40)53)24-14-27-45(48)52-43-25-11-8-20-36(43)35-19-7-10-22-39(35)49(41)52/h1-31H. The van der Waals surface area contributed by atoms with Crippen LogP contribution in [0.25, 0.3) is 33.4 Å². The Hall–Kier alpha value is -6.71. The molecule has 0 fully saturated rings. The van der Waals surface area contributed by atoms with Gasteiger partial charge in [-0.05, 0) is 93.6 Å². The summed E-state index contributed by atoms with van der Waals surface area (Å²) in [5.74, 6) is 0. The van der Waals surface area contributed by atoms with Gasteiger partial charge >= 0.3 is 13.7 Å². The largest absolute Gasteiger partial charge is 0.376 e. The van der Waals surface area contributed by atoms with Crippen LogP contribution in [0, 0.1) is 0 Å². The van der Waals surface area contributed by atoms with Gasteiger partial charge in [-0.25, -0.2) is 0 Å². The fourth-order valence-electron chi connectivity index (χ4n) is 9.78. The average molecular weight is 671 g/mol. The van der Waals surface area contributed by atoms with Gasteiger partial charge in [0.15, 0.2) is 0 Å². The molecule has 0 saturated heterocycles. The molecule has 5 heteroatoms. The number of hydrogen-bond acceptors (Lipinski definition) is 3. The van der Waals surface area contributed by atoms with E-state index in [1.807, 2.05) is 0 Å². The lowest BCUT2D eigenvalue weighted by Crippen LogP contribution is -2.65. The third-order valence-electron chi connectivity index (χ3n) is 11.8. The molecular formula is C48H31B2N3. The minimum Gasteiger partial charge on any atom is -0.376 e. The molecule has 0 atom stereocenters. The van der Waals surface area contributed by atoms with Crippen molar-refractivity contribution in [2.24, 2.45) is 0 Å². The quantitative estimate of drug-likeness (QED) is 0.174. The highest BCUT2D eigenvalue weighted by atomic mass is 15.1. The summed E-state index contributed by atoms with van der Waals surface area (Å²) in [5, 5.41) is 0. The zero-order chi connectivity index (χ0) is 34.6. The van der Waals surface area contributed by atoms with Gasteiger partial charge in [-0.1, -0.05) is 127 Å². The van der Waals surface area contributed by atoms with Gasteiger partial charge in [-0.3, -0.25) is 0 Å². The minimum absolute atomic E-state index is 0.0115. The highest BCUT2D eigenvalue weighted by molar-refractivity contribution is 6.96. The highest BCUT2D eigenvalue weighted by Crippen LogP contribution is 2.52.